The second-order valence-corrected chi connectivity index (χ2v) is 6.06. The molecule has 0 aliphatic heterocycles. The zero-order valence-electron chi connectivity index (χ0n) is 11.8. The highest BCUT2D eigenvalue weighted by Crippen LogP contribution is 2.31. The van der Waals surface area contributed by atoms with Gasteiger partial charge in [-0.2, -0.15) is 0 Å². The first-order valence-corrected chi connectivity index (χ1v) is 8.58. The van der Waals surface area contributed by atoms with Gasteiger partial charge in [-0.25, -0.2) is 9.97 Å². The van der Waals surface area contributed by atoms with Crippen LogP contribution in [0.1, 0.15) is 62.3 Å². The van der Waals surface area contributed by atoms with E-state index < -0.39 is 0 Å². The largest absolute Gasteiger partial charge is 0.396 e. The lowest BCUT2D eigenvalue weighted by atomic mass is 9.95. The van der Waals surface area contributed by atoms with Gasteiger partial charge in [0.15, 0.2) is 5.16 Å². The quantitative estimate of drug-likeness (QED) is 0.509. The number of hydrogen-bond donors (Lipinski definition) is 1. The highest BCUT2D eigenvalue weighted by atomic mass is 32.2. The minimum atomic E-state index is 0.233. The van der Waals surface area contributed by atoms with E-state index in [0.29, 0.717) is 5.92 Å². The zero-order valence-corrected chi connectivity index (χ0v) is 12.6. The van der Waals surface area contributed by atoms with Gasteiger partial charge < -0.3 is 5.11 Å². The molecule has 19 heavy (non-hydrogen) atoms. The summed E-state index contributed by atoms with van der Waals surface area (Å²) < 4.78 is 0. The van der Waals surface area contributed by atoms with Gasteiger partial charge in [-0.15, -0.1) is 0 Å². The molecular weight excluding hydrogens is 256 g/mol. The van der Waals surface area contributed by atoms with Crippen molar-refractivity contribution in [3.05, 3.63) is 17.5 Å². The molecule has 1 aliphatic rings. The zero-order chi connectivity index (χ0) is 13.5. The van der Waals surface area contributed by atoms with E-state index in [-0.39, 0.29) is 6.61 Å². The Kier molecular flexibility index (Phi) is 6.11. The fourth-order valence-electron chi connectivity index (χ4n) is 2.76. The van der Waals surface area contributed by atoms with Gasteiger partial charge in [-0.1, -0.05) is 37.4 Å². The van der Waals surface area contributed by atoms with Crippen LogP contribution < -0.4 is 0 Å². The van der Waals surface area contributed by atoms with Gasteiger partial charge in [0.2, 0.25) is 0 Å². The molecule has 0 saturated heterocycles. The van der Waals surface area contributed by atoms with Crippen molar-refractivity contribution < 1.29 is 5.11 Å². The fourth-order valence-corrected chi connectivity index (χ4v) is 3.16. The SMILES string of the molecule is CSc1nc(CCCO)cc(C2CCCCCC2)n1. The van der Waals surface area contributed by atoms with Gasteiger partial charge >= 0.3 is 0 Å². The highest BCUT2D eigenvalue weighted by Gasteiger charge is 2.17. The van der Waals surface area contributed by atoms with Crippen LogP contribution in [0.4, 0.5) is 0 Å². The average molecular weight is 280 g/mol. The number of thioether (sulfide) groups is 1. The second-order valence-electron chi connectivity index (χ2n) is 5.29. The number of aliphatic hydroxyl groups excluding tert-OH is 1. The van der Waals surface area contributed by atoms with E-state index in [1.54, 1.807) is 11.8 Å². The molecule has 4 heteroatoms. The van der Waals surface area contributed by atoms with Gasteiger partial charge in [0.25, 0.3) is 0 Å². The van der Waals surface area contributed by atoms with Crippen LogP contribution in [0.3, 0.4) is 0 Å². The lowest BCUT2D eigenvalue weighted by Crippen LogP contribution is -2.05. The molecule has 1 aromatic rings. The molecule has 1 fully saturated rings. The minimum absolute atomic E-state index is 0.233. The lowest BCUT2D eigenvalue weighted by molar-refractivity contribution is 0.288. The number of aromatic nitrogens is 2. The van der Waals surface area contributed by atoms with E-state index in [9.17, 15) is 0 Å². The van der Waals surface area contributed by atoms with E-state index in [1.165, 1.54) is 44.2 Å². The third-order valence-corrected chi connectivity index (χ3v) is 4.37. The van der Waals surface area contributed by atoms with E-state index in [1.807, 2.05) is 6.26 Å². The van der Waals surface area contributed by atoms with Gasteiger partial charge in [-0.05, 0) is 38.0 Å². The average Bonchev–Trinajstić information content (AvgIpc) is 2.73. The summed E-state index contributed by atoms with van der Waals surface area (Å²) in [6.07, 6.45) is 11.6. The molecule has 0 atom stereocenters. The summed E-state index contributed by atoms with van der Waals surface area (Å²) in [4.78, 5) is 9.26. The summed E-state index contributed by atoms with van der Waals surface area (Å²) in [5, 5.41) is 9.84. The molecule has 0 amide bonds. The Labute approximate surface area is 120 Å². The van der Waals surface area contributed by atoms with Crippen LogP contribution in [0.25, 0.3) is 0 Å². The molecule has 1 aliphatic carbocycles. The lowest BCUT2D eigenvalue weighted by Gasteiger charge is -2.15. The number of rotatable bonds is 5. The first-order chi connectivity index (χ1) is 9.33. The van der Waals surface area contributed by atoms with E-state index >= 15 is 0 Å². The molecule has 106 valence electrons. The molecule has 0 bridgehead atoms. The van der Waals surface area contributed by atoms with Gasteiger partial charge in [0.1, 0.15) is 0 Å². The summed E-state index contributed by atoms with van der Waals surface area (Å²) in [7, 11) is 0. The standard InChI is InChI=1S/C15H24N2OS/c1-19-15-16-13(9-6-10-18)11-14(17-15)12-7-4-2-3-5-8-12/h11-12,18H,2-10H2,1H3. The molecule has 3 nitrogen and oxygen atoms in total. The van der Waals surface area contributed by atoms with Crippen LogP contribution >= 0.6 is 11.8 Å². The van der Waals surface area contributed by atoms with Crippen molar-refractivity contribution in [2.45, 2.75) is 62.4 Å². The van der Waals surface area contributed by atoms with Crippen molar-refractivity contribution >= 4 is 11.8 Å². The maximum Gasteiger partial charge on any atom is 0.187 e. The van der Waals surface area contributed by atoms with Crippen LogP contribution in [0.5, 0.6) is 0 Å². The minimum Gasteiger partial charge on any atom is -0.396 e. The monoisotopic (exact) mass is 280 g/mol. The van der Waals surface area contributed by atoms with Crippen molar-refractivity contribution in [3.63, 3.8) is 0 Å². The molecule has 0 spiro atoms. The second kappa shape index (κ2) is 7.85. The number of aryl methyl sites for hydroxylation is 1. The maximum absolute atomic E-state index is 8.96. The Bertz CT molecular complexity index is 390. The summed E-state index contributed by atoms with van der Waals surface area (Å²) >= 11 is 1.62. The summed E-state index contributed by atoms with van der Waals surface area (Å²) in [6, 6.07) is 2.17. The van der Waals surface area contributed by atoms with Crippen LogP contribution in [-0.4, -0.2) is 27.9 Å². The molecule has 2 rings (SSSR count). The molecule has 0 unspecified atom stereocenters. The topological polar surface area (TPSA) is 46.0 Å². The Morgan fingerprint density at radius 3 is 2.58 bits per heavy atom. The third kappa shape index (κ3) is 4.46. The predicted octanol–water partition coefficient (Wildman–Crippen LogP) is 3.56. The molecule has 1 N–H and O–H groups in total. The first kappa shape index (κ1) is 14.8. The Morgan fingerprint density at radius 2 is 1.95 bits per heavy atom. The van der Waals surface area contributed by atoms with Crippen LogP contribution in [0.2, 0.25) is 0 Å². The van der Waals surface area contributed by atoms with Gasteiger partial charge in [0, 0.05) is 23.9 Å². The van der Waals surface area contributed by atoms with Crippen molar-refractivity contribution in [1.29, 1.82) is 0 Å². The summed E-state index contributed by atoms with van der Waals surface area (Å²) in [5.41, 5.74) is 2.32. The number of aliphatic hydroxyl groups is 1. The number of nitrogens with zero attached hydrogens (tertiary/aromatic N) is 2. The van der Waals surface area contributed by atoms with Crippen LogP contribution in [0, 0.1) is 0 Å². The van der Waals surface area contributed by atoms with E-state index in [2.05, 4.69) is 11.1 Å². The van der Waals surface area contributed by atoms with Crippen molar-refractivity contribution in [1.82, 2.24) is 9.97 Å². The Hall–Kier alpha value is -0.610. The first-order valence-electron chi connectivity index (χ1n) is 7.36. The highest BCUT2D eigenvalue weighted by molar-refractivity contribution is 7.98. The summed E-state index contributed by atoms with van der Waals surface area (Å²) in [5.74, 6) is 0.615. The predicted molar refractivity (Wildman–Crippen MR) is 79.7 cm³/mol. The summed E-state index contributed by atoms with van der Waals surface area (Å²) in [6.45, 7) is 0.233. The fraction of sp³-hybridized carbons (Fsp3) is 0.733. The third-order valence-electron chi connectivity index (χ3n) is 3.83. The molecule has 0 radical (unpaired) electrons. The van der Waals surface area contributed by atoms with Crippen molar-refractivity contribution in [3.8, 4) is 0 Å². The molecular formula is C15H24N2OS. The smallest absolute Gasteiger partial charge is 0.187 e. The number of hydrogen-bond acceptors (Lipinski definition) is 4. The molecule has 1 saturated carbocycles. The Balaban J connectivity index is 2.17. The van der Waals surface area contributed by atoms with Crippen molar-refractivity contribution in [2.24, 2.45) is 0 Å². The normalized spacial score (nSPS) is 17.4. The molecule has 1 aromatic heterocycles. The molecule has 1 heterocycles. The van der Waals surface area contributed by atoms with Gasteiger partial charge in [-0.3, -0.25) is 0 Å². The van der Waals surface area contributed by atoms with Crippen LogP contribution in [0.15, 0.2) is 11.2 Å². The van der Waals surface area contributed by atoms with Gasteiger partial charge in [0.05, 0.1) is 0 Å². The maximum atomic E-state index is 8.96. The van der Waals surface area contributed by atoms with E-state index in [4.69, 9.17) is 10.1 Å². The molecule has 0 aromatic carbocycles. The van der Waals surface area contributed by atoms with Crippen LogP contribution in [-0.2, 0) is 6.42 Å². The van der Waals surface area contributed by atoms with E-state index in [0.717, 1.165) is 23.7 Å². The van der Waals surface area contributed by atoms with Crippen molar-refractivity contribution in [2.75, 3.05) is 12.9 Å². The Morgan fingerprint density at radius 1 is 1.21 bits per heavy atom.